The van der Waals surface area contributed by atoms with Crippen LogP contribution in [0.2, 0.25) is 0 Å². The lowest BCUT2D eigenvalue weighted by Crippen LogP contribution is -2.28. The molecule has 0 aliphatic rings. The van der Waals surface area contributed by atoms with E-state index in [1.165, 1.54) is 16.9 Å². The van der Waals surface area contributed by atoms with Crippen molar-refractivity contribution in [2.75, 3.05) is 18.4 Å². The van der Waals surface area contributed by atoms with Gasteiger partial charge < -0.3 is 5.32 Å². The molecule has 3 rings (SSSR count). The van der Waals surface area contributed by atoms with Gasteiger partial charge in [0.25, 0.3) is 0 Å². The normalized spacial score (nSPS) is 11.0. The fraction of sp³-hybridized carbons (Fsp3) is 0.300. The van der Waals surface area contributed by atoms with Crippen LogP contribution in [0.5, 0.6) is 0 Å². The maximum absolute atomic E-state index is 12.1. The maximum Gasteiger partial charge on any atom is 0.321 e. The van der Waals surface area contributed by atoms with Crippen LogP contribution >= 0.6 is 11.3 Å². The van der Waals surface area contributed by atoms with E-state index < -0.39 is 0 Å². The summed E-state index contributed by atoms with van der Waals surface area (Å²) in [6, 6.07) is 16.0. The summed E-state index contributed by atoms with van der Waals surface area (Å²) in [6.07, 6.45) is 0. The molecule has 0 aliphatic carbocycles. The second-order valence-corrected chi connectivity index (χ2v) is 7.10. The number of urea groups is 1. The van der Waals surface area contributed by atoms with E-state index in [4.69, 9.17) is 0 Å². The van der Waals surface area contributed by atoms with Crippen LogP contribution in [0.3, 0.4) is 0 Å². The number of rotatable bonds is 7. The molecule has 136 valence electrons. The van der Waals surface area contributed by atoms with Crippen molar-refractivity contribution in [1.29, 1.82) is 0 Å². The quantitative estimate of drug-likeness (QED) is 0.647. The van der Waals surface area contributed by atoms with Crippen LogP contribution in [-0.2, 0) is 13.1 Å². The lowest BCUT2D eigenvalue weighted by molar-refractivity contribution is 0.251. The van der Waals surface area contributed by atoms with Crippen molar-refractivity contribution in [3.63, 3.8) is 0 Å². The first-order valence-electron chi connectivity index (χ1n) is 8.88. The zero-order chi connectivity index (χ0) is 18.4. The highest BCUT2D eigenvalue weighted by Crippen LogP contribution is 2.25. The Balaban J connectivity index is 1.51. The summed E-state index contributed by atoms with van der Waals surface area (Å²) in [7, 11) is 0. The molecular formula is C20H24N4OS. The van der Waals surface area contributed by atoms with Gasteiger partial charge in [-0.2, -0.15) is 0 Å². The summed E-state index contributed by atoms with van der Waals surface area (Å²) in [6.45, 7) is 7.89. The van der Waals surface area contributed by atoms with Gasteiger partial charge >= 0.3 is 6.03 Å². The molecule has 0 saturated carbocycles. The number of para-hydroxylation sites is 1. The van der Waals surface area contributed by atoms with Gasteiger partial charge in [0.2, 0.25) is 0 Å². The fourth-order valence-electron chi connectivity index (χ4n) is 2.72. The van der Waals surface area contributed by atoms with Gasteiger partial charge in [0.05, 0.1) is 10.2 Å². The Bertz CT molecular complexity index is 823. The number of thiazole rings is 1. The molecular weight excluding hydrogens is 344 g/mol. The number of anilines is 1. The average Bonchev–Trinajstić information content (AvgIpc) is 3.07. The summed E-state index contributed by atoms with van der Waals surface area (Å²) in [4.78, 5) is 18.9. The molecule has 1 heterocycles. The largest absolute Gasteiger partial charge is 0.334 e. The van der Waals surface area contributed by atoms with E-state index in [-0.39, 0.29) is 6.03 Å². The number of hydrogen-bond acceptors (Lipinski definition) is 4. The molecule has 1 aromatic heterocycles. The van der Waals surface area contributed by atoms with Crippen molar-refractivity contribution in [2.24, 2.45) is 0 Å². The Kier molecular flexibility index (Phi) is 6.20. The van der Waals surface area contributed by atoms with Crippen molar-refractivity contribution in [2.45, 2.75) is 26.9 Å². The molecule has 0 atom stereocenters. The van der Waals surface area contributed by atoms with Crippen molar-refractivity contribution in [1.82, 2.24) is 15.2 Å². The van der Waals surface area contributed by atoms with Crippen molar-refractivity contribution < 1.29 is 4.79 Å². The zero-order valence-corrected chi connectivity index (χ0v) is 16.0. The van der Waals surface area contributed by atoms with Crippen LogP contribution in [0.25, 0.3) is 10.2 Å². The molecule has 2 amide bonds. The van der Waals surface area contributed by atoms with Crippen molar-refractivity contribution in [3.8, 4) is 0 Å². The predicted molar refractivity (Wildman–Crippen MR) is 109 cm³/mol. The first-order valence-corrected chi connectivity index (χ1v) is 9.70. The number of aromatic nitrogens is 1. The topological polar surface area (TPSA) is 57.3 Å². The predicted octanol–water partition coefficient (Wildman–Crippen LogP) is 4.46. The van der Waals surface area contributed by atoms with Gasteiger partial charge in [0, 0.05) is 13.1 Å². The third-order valence-corrected chi connectivity index (χ3v) is 5.24. The molecule has 0 aliphatic heterocycles. The van der Waals surface area contributed by atoms with Gasteiger partial charge in [-0.15, -0.1) is 0 Å². The van der Waals surface area contributed by atoms with Crippen LogP contribution in [-0.4, -0.2) is 29.0 Å². The minimum Gasteiger partial charge on any atom is -0.334 e. The molecule has 6 heteroatoms. The molecule has 3 aromatic rings. The molecule has 0 spiro atoms. The van der Waals surface area contributed by atoms with E-state index in [9.17, 15) is 4.79 Å². The SMILES string of the molecule is CCN(CC)Cc1ccc(CNC(=O)Nc2nc3ccccc3s2)cc1. The number of fused-ring (bicyclic) bond motifs is 1. The second-order valence-electron chi connectivity index (χ2n) is 6.07. The van der Waals surface area contributed by atoms with Crippen LogP contribution in [0.1, 0.15) is 25.0 Å². The molecule has 5 nitrogen and oxygen atoms in total. The first kappa shape index (κ1) is 18.4. The number of carbonyl (C=O) groups excluding carboxylic acids is 1. The number of benzene rings is 2. The van der Waals surface area contributed by atoms with Crippen LogP contribution in [0, 0.1) is 0 Å². The summed E-state index contributed by atoms with van der Waals surface area (Å²) in [5.74, 6) is 0. The van der Waals surface area contributed by atoms with E-state index in [1.807, 2.05) is 24.3 Å². The monoisotopic (exact) mass is 368 g/mol. The summed E-state index contributed by atoms with van der Waals surface area (Å²) in [5, 5.41) is 6.30. The molecule has 2 aromatic carbocycles. The van der Waals surface area contributed by atoms with Crippen LogP contribution in [0.15, 0.2) is 48.5 Å². The molecule has 0 bridgehead atoms. The number of nitrogens with one attached hydrogen (secondary N) is 2. The Morgan fingerprint density at radius 1 is 1.04 bits per heavy atom. The highest BCUT2D eigenvalue weighted by atomic mass is 32.1. The number of carbonyl (C=O) groups is 1. The molecule has 2 N–H and O–H groups in total. The molecule has 0 saturated heterocycles. The lowest BCUT2D eigenvalue weighted by atomic mass is 10.1. The zero-order valence-electron chi connectivity index (χ0n) is 15.2. The Hall–Kier alpha value is -2.44. The highest BCUT2D eigenvalue weighted by Gasteiger charge is 2.07. The van der Waals surface area contributed by atoms with E-state index in [0.29, 0.717) is 11.7 Å². The van der Waals surface area contributed by atoms with E-state index in [1.54, 1.807) is 0 Å². The second kappa shape index (κ2) is 8.78. The van der Waals surface area contributed by atoms with Crippen LogP contribution in [0.4, 0.5) is 9.93 Å². The molecule has 0 radical (unpaired) electrons. The third kappa shape index (κ3) is 4.80. The molecule has 0 unspecified atom stereocenters. The molecule has 0 fully saturated rings. The van der Waals surface area contributed by atoms with Crippen LogP contribution < -0.4 is 10.6 Å². The minimum absolute atomic E-state index is 0.240. The smallest absolute Gasteiger partial charge is 0.321 e. The van der Waals surface area contributed by atoms with Gasteiger partial charge in [-0.1, -0.05) is 61.6 Å². The number of nitrogens with zero attached hydrogens (tertiary/aromatic N) is 2. The first-order chi connectivity index (χ1) is 12.7. The molecule has 26 heavy (non-hydrogen) atoms. The van der Waals surface area contributed by atoms with E-state index >= 15 is 0 Å². The Morgan fingerprint density at radius 2 is 1.73 bits per heavy atom. The minimum atomic E-state index is -0.240. The van der Waals surface area contributed by atoms with Crippen molar-refractivity contribution >= 4 is 32.7 Å². The Labute approximate surface area is 158 Å². The highest BCUT2D eigenvalue weighted by molar-refractivity contribution is 7.22. The van der Waals surface area contributed by atoms with Crippen molar-refractivity contribution in [3.05, 3.63) is 59.7 Å². The number of hydrogen-bond donors (Lipinski definition) is 2. The van der Waals surface area contributed by atoms with Gasteiger partial charge in [-0.25, -0.2) is 9.78 Å². The summed E-state index contributed by atoms with van der Waals surface area (Å²) >= 11 is 1.47. The van der Waals surface area contributed by atoms with Gasteiger partial charge in [-0.05, 0) is 36.3 Å². The van der Waals surface area contributed by atoms with Gasteiger partial charge in [-0.3, -0.25) is 10.2 Å². The maximum atomic E-state index is 12.1. The standard InChI is InChI=1S/C20H24N4OS/c1-3-24(4-2)14-16-11-9-15(10-12-16)13-21-19(25)23-20-22-17-7-5-6-8-18(17)26-20/h5-12H,3-4,13-14H2,1-2H3,(H2,21,22,23,25). The fourth-order valence-corrected chi connectivity index (χ4v) is 3.58. The lowest BCUT2D eigenvalue weighted by Gasteiger charge is -2.18. The van der Waals surface area contributed by atoms with E-state index in [2.05, 4.69) is 58.6 Å². The number of amides is 2. The average molecular weight is 369 g/mol. The summed E-state index contributed by atoms with van der Waals surface area (Å²) in [5.41, 5.74) is 3.26. The third-order valence-electron chi connectivity index (χ3n) is 4.29. The van der Waals surface area contributed by atoms with Gasteiger partial charge in [0.15, 0.2) is 5.13 Å². The van der Waals surface area contributed by atoms with Gasteiger partial charge in [0.1, 0.15) is 0 Å². The summed E-state index contributed by atoms with van der Waals surface area (Å²) < 4.78 is 1.06. The van der Waals surface area contributed by atoms with E-state index in [0.717, 1.165) is 35.4 Å². The Morgan fingerprint density at radius 3 is 2.42 bits per heavy atom.